The van der Waals surface area contributed by atoms with Crippen molar-refractivity contribution in [3.05, 3.63) is 29.3 Å². The van der Waals surface area contributed by atoms with E-state index in [2.05, 4.69) is 0 Å². The zero-order valence-corrected chi connectivity index (χ0v) is 13.9. The number of carbonyl (C=O) groups is 3. The summed E-state index contributed by atoms with van der Waals surface area (Å²) in [7, 11) is 0. The predicted molar refractivity (Wildman–Crippen MR) is 88.2 cm³/mol. The highest BCUT2D eigenvalue weighted by atomic mass is 16.2. The van der Waals surface area contributed by atoms with Crippen molar-refractivity contribution >= 4 is 23.9 Å². The summed E-state index contributed by atoms with van der Waals surface area (Å²) < 4.78 is 0. The van der Waals surface area contributed by atoms with Gasteiger partial charge in [0, 0.05) is 38.8 Å². The summed E-state index contributed by atoms with van der Waals surface area (Å²) in [5, 5.41) is 0. The van der Waals surface area contributed by atoms with Crippen LogP contribution in [0.25, 0.3) is 0 Å². The Morgan fingerprint density at radius 3 is 2.39 bits per heavy atom. The zero-order chi connectivity index (χ0) is 17.0. The van der Waals surface area contributed by atoms with Crippen molar-refractivity contribution in [2.24, 2.45) is 0 Å². The van der Waals surface area contributed by atoms with Gasteiger partial charge in [-0.15, -0.1) is 0 Å². The number of aryl methyl sites for hydroxylation is 2. The number of anilines is 1. The zero-order valence-electron chi connectivity index (χ0n) is 13.9. The van der Waals surface area contributed by atoms with Gasteiger partial charge in [0.25, 0.3) is 0 Å². The minimum Gasteiger partial charge on any atom is -0.342 e. The molecule has 1 aromatic rings. The molecule has 3 amide bonds. The van der Waals surface area contributed by atoms with Crippen LogP contribution in [0.4, 0.5) is 5.69 Å². The van der Waals surface area contributed by atoms with Crippen molar-refractivity contribution in [2.75, 3.05) is 37.6 Å². The van der Waals surface area contributed by atoms with Crippen molar-refractivity contribution in [1.82, 2.24) is 9.80 Å². The molecule has 0 aliphatic carbocycles. The Kier molecular flexibility index (Phi) is 5.36. The molecule has 6 nitrogen and oxygen atoms in total. The summed E-state index contributed by atoms with van der Waals surface area (Å²) in [5.41, 5.74) is 2.78. The Morgan fingerprint density at radius 2 is 1.83 bits per heavy atom. The molecule has 1 aromatic carbocycles. The van der Waals surface area contributed by atoms with Gasteiger partial charge in [0.1, 0.15) is 6.54 Å². The third-order valence-electron chi connectivity index (χ3n) is 4.14. The maximum Gasteiger partial charge on any atom is 0.242 e. The van der Waals surface area contributed by atoms with Gasteiger partial charge in [-0.25, -0.2) is 0 Å². The Bertz CT molecular complexity index is 607. The maximum absolute atomic E-state index is 12.5. The second kappa shape index (κ2) is 7.26. The molecule has 0 atom stereocenters. The molecule has 0 N–H and O–H groups in total. The fraction of sp³-hybridized carbons (Fsp3) is 0.471. The van der Waals surface area contributed by atoms with Gasteiger partial charge in [-0.3, -0.25) is 14.4 Å². The third-order valence-corrected chi connectivity index (χ3v) is 4.14. The summed E-state index contributed by atoms with van der Waals surface area (Å²) in [6, 6.07) is 5.86. The van der Waals surface area contributed by atoms with Crippen molar-refractivity contribution < 1.29 is 14.4 Å². The van der Waals surface area contributed by atoms with Crippen molar-refractivity contribution in [3.63, 3.8) is 0 Å². The number of hydrogen-bond acceptors (Lipinski definition) is 3. The predicted octanol–water partition coefficient (Wildman–Crippen LogP) is 0.957. The van der Waals surface area contributed by atoms with E-state index >= 15 is 0 Å². The van der Waals surface area contributed by atoms with E-state index in [0.29, 0.717) is 26.2 Å². The molecule has 0 radical (unpaired) electrons. The van der Waals surface area contributed by atoms with E-state index in [4.69, 9.17) is 0 Å². The molecule has 1 aliphatic heterocycles. The van der Waals surface area contributed by atoms with Crippen LogP contribution in [-0.2, 0) is 14.4 Å². The number of nitrogens with zero attached hydrogens (tertiary/aromatic N) is 3. The highest BCUT2D eigenvalue weighted by Crippen LogP contribution is 2.22. The summed E-state index contributed by atoms with van der Waals surface area (Å²) in [5.74, 6) is -0.245. The van der Waals surface area contributed by atoms with Crippen LogP contribution in [0.3, 0.4) is 0 Å². The molecule has 1 saturated heterocycles. The van der Waals surface area contributed by atoms with E-state index < -0.39 is 0 Å². The quantitative estimate of drug-likeness (QED) is 0.777. The fourth-order valence-electron chi connectivity index (χ4n) is 2.69. The molecule has 0 bridgehead atoms. The standard InChI is InChI=1S/C17H23N3O3/c1-13-4-5-14(2)16(10-13)20(15(3)22)11-17(23)19-8-6-18(12-21)7-9-19/h4-5,10,12H,6-9,11H2,1-3H3. The van der Waals surface area contributed by atoms with E-state index in [1.54, 1.807) is 9.80 Å². The highest BCUT2D eigenvalue weighted by Gasteiger charge is 2.24. The van der Waals surface area contributed by atoms with Gasteiger partial charge in [-0.05, 0) is 31.0 Å². The molecule has 0 unspecified atom stereocenters. The molecule has 1 heterocycles. The smallest absolute Gasteiger partial charge is 0.242 e. The van der Waals surface area contributed by atoms with Crippen LogP contribution in [0.2, 0.25) is 0 Å². The first-order valence-electron chi connectivity index (χ1n) is 7.75. The molecule has 23 heavy (non-hydrogen) atoms. The molecule has 1 aliphatic rings. The van der Waals surface area contributed by atoms with Gasteiger partial charge in [0.2, 0.25) is 18.2 Å². The first kappa shape index (κ1) is 17.0. The van der Waals surface area contributed by atoms with E-state index in [-0.39, 0.29) is 18.4 Å². The Balaban J connectivity index is 2.11. The minimum atomic E-state index is -0.154. The lowest BCUT2D eigenvalue weighted by Crippen LogP contribution is -2.51. The molecule has 0 spiro atoms. The molecule has 0 aromatic heterocycles. The van der Waals surface area contributed by atoms with E-state index in [1.807, 2.05) is 32.0 Å². The summed E-state index contributed by atoms with van der Waals surface area (Å²) in [6.45, 7) is 7.49. The average molecular weight is 317 g/mol. The molecule has 2 rings (SSSR count). The number of amides is 3. The lowest BCUT2D eigenvalue weighted by atomic mass is 10.1. The molecule has 0 saturated carbocycles. The van der Waals surface area contributed by atoms with Crippen LogP contribution in [0, 0.1) is 13.8 Å². The number of rotatable bonds is 4. The molecule has 6 heteroatoms. The first-order valence-corrected chi connectivity index (χ1v) is 7.75. The van der Waals surface area contributed by atoms with Crippen LogP contribution in [0.5, 0.6) is 0 Å². The van der Waals surface area contributed by atoms with Crippen LogP contribution >= 0.6 is 0 Å². The highest BCUT2D eigenvalue weighted by molar-refractivity contribution is 5.98. The van der Waals surface area contributed by atoms with Crippen LogP contribution in [-0.4, -0.2) is 60.7 Å². The van der Waals surface area contributed by atoms with Gasteiger partial charge in [0.15, 0.2) is 0 Å². The average Bonchev–Trinajstić information content (AvgIpc) is 2.54. The summed E-state index contributed by atoms with van der Waals surface area (Å²) in [4.78, 5) is 40.1. The molecular weight excluding hydrogens is 294 g/mol. The van der Waals surface area contributed by atoms with Crippen LogP contribution in [0.15, 0.2) is 18.2 Å². The van der Waals surface area contributed by atoms with E-state index in [9.17, 15) is 14.4 Å². The van der Waals surface area contributed by atoms with Crippen molar-refractivity contribution in [3.8, 4) is 0 Å². The largest absolute Gasteiger partial charge is 0.342 e. The fourth-order valence-corrected chi connectivity index (χ4v) is 2.69. The number of piperazine rings is 1. The Labute approximate surface area is 136 Å². The number of benzene rings is 1. The summed E-state index contributed by atoms with van der Waals surface area (Å²) in [6.07, 6.45) is 0.805. The maximum atomic E-state index is 12.5. The van der Waals surface area contributed by atoms with Crippen molar-refractivity contribution in [2.45, 2.75) is 20.8 Å². The SMILES string of the molecule is CC(=O)N(CC(=O)N1CCN(C=O)CC1)c1cc(C)ccc1C. The summed E-state index contributed by atoms with van der Waals surface area (Å²) >= 11 is 0. The number of carbonyl (C=O) groups excluding carboxylic acids is 3. The topological polar surface area (TPSA) is 60.9 Å². The third kappa shape index (κ3) is 4.09. The lowest BCUT2D eigenvalue weighted by molar-refractivity contribution is -0.134. The van der Waals surface area contributed by atoms with Gasteiger partial charge >= 0.3 is 0 Å². The second-order valence-electron chi connectivity index (χ2n) is 5.92. The van der Waals surface area contributed by atoms with Gasteiger partial charge in [0.05, 0.1) is 0 Å². The van der Waals surface area contributed by atoms with Crippen molar-refractivity contribution in [1.29, 1.82) is 0 Å². The van der Waals surface area contributed by atoms with Gasteiger partial charge in [-0.1, -0.05) is 12.1 Å². The monoisotopic (exact) mass is 317 g/mol. The molecule has 124 valence electrons. The normalized spacial score (nSPS) is 14.6. The Morgan fingerprint density at radius 1 is 1.17 bits per heavy atom. The minimum absolute atomic E-state index is 0.0285. The second-order valence-corrected chi connectivity index (χ2v) is 5.92. The van der Waals surface area contributed by atoms with Crippen LogP contribution in [0.1, 0.15) is 18.1 Å². The number of hydrogen-bond donors (Lipinski definition) is 0. The van der Waals surface area contributed by atoms with Gasteiger partial charge < -0.3 is 14.7 Å². The van der Waals surface area contributed by atoms with Crippen LogP contribution < -0.4 is 4.90 Å². The Hall–Kier alpha value is -2.37. The first-order chi connectivity index (χ1) is 10.9. The molecular formula is C17H23N3O3. The lowest BCUT2D eigenvalue weighted by Gasteiger charge is -2.34. The van der Waals surface area contributed by atoms with Gasteiger partial charge in [-0.2, -0.15) is 0 Å². The van der Waals surface area contributed by atoms with E-state index in [1.165, 1.54) is 11.8 Å². The van der Waals surface area contributed by atoms with E-state index in [0.717, 1.165) is 23.2 Å². The molecule has 1 fully saturated rings.